The summed E-state index contributed by atoms with van der Waals surface area (Å²) in [5.74, 6) is 1.16. The molecule has 0 saturated heterocycles. The van der Waals surface area contributed by atoms with Crippen LogP contribution in [0.4, 0.5) is 0 Å². The Balaban J connectivity index is 2.20. The van der Waals surface area contributed by atoms with Gasteiger partial charge in [0, 0.05) is 18.2 Å². The minimum atomic E-state index is 0.111. The van der Waals surface area contributed by atoms with E-state index in [0.717, 1.165) is 5.82 Å². The Morgan fingerprint density at radius 1 is 1.41 bits per heavy atom. The van der Waals surface area contributed by atoms with E-state index in [4.69, 9.17) is 5.73 Å². The van der Waals surface area contributed by atoms with Crippen molar-refractivity contribution in [2.24, 2.45) is 5.73 Å². The first-order valence-corrected chi connectivity index (χ1v) is 6.40. The lowest BCUT2D eigenvalue weighted by molar-refractivity contribution is 0.423. The third-order valence-corrected chi connectivity index (χ3v) is 4.21. The van der Waals surface area contributed by atoms with Gasteiger partial charge in [-0.05, 0) is 31.4 Å². The third kappa shape index (κ3) is 1.49. The van der Waals surface area contributed by atoms with Gasteiger partial charge in [-0.25, -0.2) is 4.98 Å². The molecule has 2 aromatic heterocycles. The van der Waals surface area contributed by atoms with E-state index >= 15 is 0 Å². The number of nitrogens with zero attached hydrogens (tertiary/aromatic N) is 2. The molecule has 0 spiro atoms. The zero-order chi connectivity index (χ0) is 11.9. The summed E-state index contributed by atoms with van der Waals surface area (Å²) in [6.07, 6.45) is 9.00. The van der Waals surface area contributed by atoms with E-state index < -0.39 is 0 Å². The van der Waals surface area contributed by atoms with Crippen molar-refractivity contribution in [1.29, 1.82) is 0 Å². The zero-order valence-electron chi connectivity index (χ0n) is 10.3. The van der Waals surface area contributed by atoms with Crippen molar-refractivity contribution < 1.29 is 0 Å². The molecule has 0 radical (unpaired) electrons. The molecule has 3 heteroatoms. The number of nitrogens with two attached hydrogens (primary N) is 1. The first-order valence-electron chi connectivity index (χ1n) is 6.40. The van der Waals surface area contributed by atoms with Gasteiger partial charge in [-0.2, -0.15) is 0 Å². The van der Waals surface area contributed by atoms with Crippen molar-refractivity contribution in [3.05, 3.63) is 35.9 Å². The van der Waals surface area contributed by atoms with Crippen molar-refractivity contribution >= 4 is 5.52 Å². The SMILES string of the molecule is Cc1cccn2c(C3(CN)CCCC3)ncc12. The third-order valence-electron chi connectivity index (χ3n) is 4.21. The molecule has 1 saturated carbocycles. The Labute approximate surface area is 102 Å². The van der Waals surface area contributed by atoms with Gasteiger partial charge in [0.1, 0.15) is 5.82 Å². The van der Waals surface area contributed by atoms with Crippen molar-refractivity contribution in [2.45, 2.75) is 38.0 Å². The molecular weight excluding hydrogens is 210 g/mol. The molecule has 0 aliphatic heterocycles. The van der Waals surface area contributed by atoms with Gasteiger partial charge < -0.3 is 10.1 Å². The highest BCUT2D eigenvalue weighted by Gasteiger charge is 2.37. The Kier molecular flexibility index (Phi) is 2.44. The molecule has 0 aromatic carbocycles. The molecular formula is C14H19N3. The Bertz CT molecular complexity index is 535. The fourth-order valence-electron chi connectivity index (χ4n) is 3.13. The first-order chi connectivity index (χ1) is 8.27. The van der Waals surface area contributed by atoms with Crippen LogP contribution in [-0.4, -0.2) is 15.9 Å². The second kappa shape index (κ2) is 3.84. The molecule has 0 bridgehead atoms. The predicted octanol–water partition coefficient (Wildman–Crippen LogP) is 2.41. The topological polar surface area (TPSA) is 43.3 Å². The summed E-state index contributed by atoms with van der Waals surface area (Å²) in [6, 6.07) is 4.22. The van der Waals surface area contributed by atoms with Crippen LogP contribution in [0.3, 0.4) is 0 Å². The highest BCUT2D eigenvalue weighted by atomic mass is 15.0. The minimum Gasteiger partial charge on any atom is -0.329 e. The molecule has 3 rings (SSSR count). The van der Waals surface area contributed by atoms with Gasteiger partial charge in [-0.15, -0.1) is 0 Å². The molecule has 2 aromatic rings. The van der Waals surface area contributed by atoms with Crippen molar-refractivity contribution in [2.75, 3.05) is 6.54 Å². The molecule has 2 N–H and O–H groups in total. The van der Waals surface area contributed by atoms with E-state index in [1.807, 2.05) is 6.20 Å². The second-order valence-corrected chi connectivity index (χ2v) is 5.22. The molecule has 90 valence electrons. The Hall–Kier alpha value is -1.35. The first kappa shape index (κ1) is 10.8. The lowest BCUT2D eigenvalue weighted by Gasteiger charge is -2.25. The Morgan fingerprint density at radius 2 is 2.18 bits per heavy atom. The van der Waals surface area contributed by atoms with Crippen LogP contribution in [0.15, 0.2) is 24.5 Å². The average Bonchev–Trinajstić information content (AvgIpc) is 2.96. The number of fused-ring (bicyclic) bond motifs is 1. The van der Waals surface area contributed by atoms with Crippen LogP contribution in [0.25, 0.3) is 5.52 Å². The summed E-state index contributed by atoms with van der Waals surface area (Å²) in [4.78, 5) is 4.66. The monoisotopic (exact) mass is 229 g/mol. The normalized spacial score (nSPS) is 18.9. The maximum Gasteiger partial charge on any atom is 0.120 e. The highest BCUT2D eigenvalue weighted by molar-refractivity contribution is 5.54. The summed E-state index contributed by atoms with van der Waals surface area (Å²) >= 11 is 0. The van der Waals surface area contributed by atoms with Crippen LogP contribution < -0.4 is 5.73 Å². The summed E-state index contributed by atoms with van der Waals surface area (Å²) in [6.45, 7) is 2.84. The van der Waals surface area contributed by atoms with Gasteiger partial charge in [-0.1, -0.05) is 18.9 Å². The van der Waals surface area contributed by atoms with Crippen LogP contribution in [-0.2, 0) is 5.41 Å². The minimum absolute atomic E-state index is 0.111. The Morgan fingerprint density at radius 3 is 2.88 bits per heavy atom. The van der Waals surface area contributed by atoms with Crippen LogP contribution >= 0.6 is 0 Å². The van der Waals surface area contributed by atoms with E-state index in [0.29, 0.717) is 6.54 Å². The van der Waals surface area contributed by atoms with E-state index in [1.54, 1.807) is 0 Å². The zero-order valence-corrected chi connectivity index (χ0v) is 10.3. The second-order valence-electron chi connectivity index (χ2n) is 5.22. The number of hydrogen-bond donors (Lipinski definition) is 1. The van der Waals surface area contributed by atoms with Crippen LogP contribution in [0.2, 0.25) is 0 Å². The van der Waals surface area contributed by atoms with Gasteiger partial charge >= 0.3 is 0 Å². The largest absolute Gasteiger partial charge is 0.329 e. The van der Waals surface area contributed by atoms with Gasteiger partial charge in [0.15, 0.2) is 0 Å². The fraction of sp³-hybridized carbons (Fsp3) is 0.500. The number of hydrogen-bond acceptors (Lipinski definition) is 2. The summed E-state index contributed by atoms with van der Waals surface area (Å²) in [5.41, 5.74) is 8.63. The van der Waals surface area contributed by atoms with Crippen LogP contribution in [0.5, 0.6) is 0 Å². The highest BCUT2D eigenvalue weighted by Crippen LogP contribution is 2.39. The standard InChI is InChI=1S/C14H19N3/c1-11-5-4-8-17-12(11)9-16-13(17)14(10-15)6-2-3-7-14/h4-5,8-9H,2-3,6-7,10,15H2,1H3. The predicted molar refractivity (Wildman–Crippen MR) is 69.1 cm³/mol. The molecule has 3 nitrogen and oxygen atoms in total. The quantitative estimate of drug-likeness (QED) is 0.859. The van der Waals surface area contributed by atoms with Crippen molar-refractivity contribution in [3.8, 4) is 0 Å². The van der Waals surface area contributed by atoms with E-state index in [2.05, 4.69) is 34.6 Å². The van der Waals surface area contributed by atoms with Crippen LogP contribution in [0.1, 0.15) is 37.1 Å². The summed E-state index contributed by atoms with van der Waals surface area (Å²) in [5, 5.41) is 0. The number of aryl methyl sites for hydroxylation is 1. The van der Waals surface area contributed by atoms with Crippen molar-refractivity contribution in [1.82, 2.24) is 9.38 Å². The molecule has 17 heavy (non-hydrogen) atoms. The van der Waals surface area contributed by atoms with Gasteiger partial charge in [0.25, 0.3) is 0 Å². The lowest BCUT2D eigenvalue weighted by atomic mass is 9.85. The number of aromatic nitrogens is 2. The molecule has 1 aliphatic rings. The van der Waals surface area contributed by atoms with Crippen LogP contribution in [0, 0.1) is 6.92 Å². The number of rotatable bonds is 2. The van der Waals surface area contributed by atoms with E-state index in [-0.39, 0.29) is 5.41 Å². The molecule has 1 fully saturated rings. The maximum atomic E-state index is 6.04. The molecule has 0 unspecified atom stereocenters. The van der Waals surface area contributed by atoms with Gasteiger partial charge in [0.2, 0.25) is 0 Å². The molecule has 1 aliphatic carbocycles. The molecule has 0 atom stereocenters. The number of imidazole rings is 1. The van der Waals surface area contributed by atoms with E-state index in [1.165, 1.54) is 36.8 Å². The number of pyridine rings is 1. The lowest BCUT2D eigenvalue weighted by Crippen LogP contribution is -2.34. The van der Waals surface area contributed by atoms with Gasteiger partial charge in [-0.3, -0.25) is 0 Å². The smallest absolute Gasteiger partial charge is 0.120 e. The summed E-state index contributed by atoms with van der Waals surface area (Å²) < 4.78 is 2.23. The molecule has 2 heterocycles. The van der Waals surface area contributed by atoms with E-state index in [9.17, 15) is 0 Å². The average molecular weight is 229 g/mol. The fourth-order valence-corrected chi connectivity index (χ4v) is 3.13. The van der Waals surface area contributed by atoms with Crippen molar-refractivity contribution in [3.63, 3.8) is 0 Å². The maximum absolute atomic E-state index is 6.04. The van der Waals surface area contributed by atoms with Gasteiger partial charge in [0.05, 0.1) is 11.7 Å². The molecule has 0 amide bonds. The summed E-state index contributed by atoms with van der Waals surface area (Å²) in [7, 11) is 0.